The van der Waals surface area contributed by atoms with Crippen molar-refractivity contribution < 1.29 is 13.0 Å². The first-order valence-corrected chi connectivity index (χ1v) is 5.11. The van der Waals surface area contributed by atoms with Gasteiger partial charge in [-0.2, -0.15) is 8.42 Å². The minimum absolute atomic E-state index is 0.0757. The Kier molecular flexibility index (Phi) is 2.58. The summed E-state index contributed by atoms with van der Waals surface area (Å²) >= 11 is 0. The maximum atomic E-state index is 10.5. The number of aromatic nitrogens is 2. The van der Waals surface area contributed by atoms with Crippen molar-refractivity contribution in [1.82, 2.24) is 9.55 Å². The first-order valence-electron chi connectivity index (χ1n) is 3.67. The highest BCUT2D eigenvalue weighted by Gasteiger charge is 2.10. The van der Waals surface area contributed by atoms with Gasteiger partial charge in [0.1, 0.15) is 5.82 Å². The third-order valence-corrected chi connectivity index (χ3v) is 1.92. The van der Waals surface area contributed by atoms with E-state index in [1.54, 1.807) is 4.57 Å². The lowest BCUT2D eigenvalue weighted by molar-refractivity contribution is 0.488. The van der Waals surface area contributed by atoms with Crippen LogP contribution < -0.4 is 4.72 Å². The molecule has 7 heteroatoms. The van der Waals surface area contributed by atoms with Gasteiger partial charge in [0.05, 0.1) is 12.5 Å². The van der Waals surface area contributed by atoms with Crippen LogP contribution in [0.1, 0.15) is 19.9 Å². The average Bonchev–Trinajstić information content (AvgIpc) is 2.31. The highest BCUT2D eigenvalue weighted by atomic mass is 32.2. The normalized spacial score (nSPS) is 12.0. The fourth-order valence-corrected chi connectivity index (χ4v) is 1.35. The van der Waals surface area contributed by atoms with Gasteiger partial charge in [0.25, 0.3) is 0 Å². The molecule has 1 aromatic heterocycles. The van der Waals surface area contributed by atoms with Crippen LogP contribution in [0.4, 0.5) is 5.82 Å². The molecule has 0 atom stereocenters. The summed E-state index contributed by atoms with van der Waals surface area (Å²) in [5, 5.41) is 0. The van der Waals surface area contributed by atoms with Crippen LogP contribution in [0.3, 0.4) is 0 Å². The fourth-order valence-electron chi connectivity index (χ4n) is 0.927. The second-order valence-electron chi connectivity index (χ2n) is 2.86. The molecule has 1 heterocycles. The zero-order valence-corrected chi connectivity index (χ0v) is 8.11. The van der Waals surface area contributed by atoms with E-state index < -0.39 is 10.3 Å². The summed E-state index contributed by atoms with van der Waals surface area (Å²) in [5.74, 6) is 0.248. The molecule has 0 aromatic carbocycles. The molecule has 0 aliphatic heterocycles. The summed E-state index contributed by atoms with van der Waals surface area (Å²) in [6.07, 6.45) is 2.81. The van der Waals surface area contributed by atoms with Gasteiger partial charge in [0.2, 0.25) is 0 Å². The molecule has 0 fully saturated rings. The number of hydrogen-bond donors (Lipinski definition) is 2. The Morgan fingerprint density at radius 3 is 2.69 bits per heavy atom. The van der Waals surface area contributed by atoms with Gasteiger partial charge in [-0.05, 0) is 13.8 Å². The van der Waals surface area contributed by atoms with Gasteiger partial charge in [0, 0.05) is 6.04 Å². The smallest absolute Gasteiger partial charge is 0.314 e. The molecule has 0 amide bonds. The van der Waals surface area contributed by atoms with E-state index >= 15 is 0 Å². The van der Waals surface area contributed by atoms with Crippen LogP contribution in [0.2, 0.25) is 0 Å². The van der Waals surface area contributed by atoms with Crippen LogP contribution in [-0.4, -0.2) is 22.5 Å². The number of nitrogens with one attached hydrogen (secondary N) is 1. The number of rotatable bonds is 3. The van der Waals surface area contributed by atoms with E-state index in [-0.39, 0.29) is 11.9 Å². The molecule has 0 aliphatic carbocycles. The number of hydrogen-bond acceptors (Lipinski definition) is 3. The van der Waals surface area contributed by atoms with Crippen LogP contribution in [0.15, 0.2) is 12.5 Å². The van der Waals surface area contributed by atoms with Crippen molar-refractivity contribution in [3.05, 3.63) is 12.5 Å². The summed E-state index contributed by atoms with van der Waals surface area (Å²) in [5.41, 5.74) is 0. The first-order chi connectivity index (χ1) is 5.90. The zero-order chi connectivity index (χ0) is 10.1. The molecule has 13 heavy (non-hydrogen) atoms. The van der Waals surface area contributed by atoms with E-state index in [0.717, 1.165) is 0 Å². The highest BCUT2D eigenvalue weighted by Crippen LogP contribution is 2.14. The van der Waals surface area contributed by atoms with Crippen LogP contribution in [0, 0.1) is 0 Å². The molecule has 0 radical (unpaired) electrons. The predicted octanol–water partition coefficient (Wildman–Crippen LogP) is 0.679. The Balaban J connectivity index is 2.96. The van der Waals surface area contributed by atoms with Crippen LogP contribution in [-0.2, 0) is 10.3 Å². The van der Waals surface area contributed by atoms with Crippen molar-refractivity contribution in [1.29, 1.82) is 0 Å². The van der Waals surface area contributed by atoms with Gasteiger partial charge in [0.15, 0.2) is 0 Å². The van der Waals surface area contributed by atoms with Crippen LogP contribution >= 0.6 is 0 Å². The minimum Gasteiger partial charge on any atom is -0.314 e. The molecule has 0 spiro atoms. The van der Waals surface area contributed by atoms with Gasteiger partial charge >= 0.3 is 10.3 Å². The van der Waals surface area contributed by atoms with Gasteiger partial charge in [-0.1, -0.05) is 0 Å². The molecule has 1 rings (SSSR count). The second-order valence-corrected chi connectivity index (χ2v) is 4.01. The molecule has 0 bridgehead atoms. The molecule has 0 saturated carbocycles. The third kappa shape index (κ3) is 2.71. The third-order valence-electron chi connectivity index (χ3n) is 1.46. The number of nitrogens with zero attached hydrogens (tertiary/aromatic N) is 2. The average molecular weight is 205 g/mol. The van der Waals surface area contributed by atoms with Crippen molar-refractivity contribution in [3.63, 3.8) is 0 Å². The lowest BCUT2D eigenvalue weighted by Gasteiger charge is -2.10. The highest BCUT2D eigenvalue weighted by molar-refractivity contribution is 7.87. The Morgan fingerprint density at radius 2 is 2.23 bits per heavy atom. The topological polar surface area (TPSA) is 84.2 Å². The monoisotopic (exact) mass is 205 g/mol. The van der Waals surface area contributed by atoms with E-state index in [1.807, 2.05) is 18.6 Å². The van der Waals surface area contributed by atoms with Crippen molar-refractivity contribution in [2.75, 3.05) is 4.72 Å². The molecule has 0 aliphatic rings. The quantitative estimate of drug-likeness (QED) is 0.710. The molecular weight excluding hydrogens is 194 g/mol. The van der Waals surface area contributed by atoms with Crippen molar-refractivity contribution in [2.45, 2.75) is 19.9 Å². The maximum Gasteiger partial charge on any atom is 0.358 e. The molecule has 0 saturated heterocycles. The largest absolute Gasteiger partial charge is 0.358 e. The summed E-state index contributed by atoms with van der Waals surface area (Å²) in [6.45, 7) is 3.74. The van der Waals surface area contributed by atoms with Gasteiger partial charge < -0.3 is 4.57 Å². The van der Waals surface area contributed by atoms with E-state index in [2.05, 4.69) is 4.98 Å². The van der Waals surface area contributed by atoms with Gasteiger partial charge in [-0.25, -0.2) is 9.71 Å². The van der Waals surface area contributed by atoms with E-state index in [0.29, 0.717) is 0 Å². The number of anilines is 1. The van der Waals surface area contributed by atoms with Crippen LogP contribution in [0.5, 0.6) is 0 Å². The van der Waals surface area contributed by atoms with Crippen molar-refractivity contribution >= 4 is 16.1 Å². The molecule has 6 nitrogen and oxygen atoms in total. The molecular formula is C6H11N3O3S. The van der Waals surface area contributed by atoms with Crippen LogP contribution in [0.25, 0.3) is 0 Å². The summed E-state index contributed by atoms with van der Waals surface area (Å²) in [4.78, 5) is 3.75. The maximum absolute atomic E-state index is 10.5. The standard InChI is InChI=1S/C6H11N3O3S/c1-5(2)9-4-7-3-6(9)8-13(10,11)12/h3-5,8H,1-2H3,(H,10,11,12). The zero-order valence-electron chi connectivity index (χ0n) is 7.30. The second kappa shape index (κ2) is 3.35. The molecule has 0 unspecified atom stereocenters. The molecule has 2 N–H and O–H groups in total. The Labute approximate surface area is 76.5 Å². The van der Waals surface area contributed by atoms with Gasteiger partial charge in [-0.3, -0.25) is 4.55 Å². The lowest BCUT2D eigenvalue weighted by atomic mass is 10.4. The van der Waals surface area contributed by atoms with E-state index in [1.165, 1.54) is 12.5 Å². The number of imidazole rings is 1. The predicted molar refractivity (Wildman–Crippen MR) is 47.8 cm³/mol. The van der Waals surface area contributed by atoms with Crippen molar-refractivity contribution in [2.24, 2.45) is 0 Å². The van der Waals surface area contributed by atoms with Crippen molar-refractivity contribution in [3.8, 4) is 0 Å². The summed E-state index contributed by atoms with van der Waals surface area (Å²) < 4.78 is 33.0. The lowest BCUT2D eigenvalue weighted by Crippen LogP contribution is -2.14. The van der Waals surface area contributed by atoms with Gasteiger partial charge in [-0.15, -0.1) is 0 Å². The van der Waals surface area contributed by atoms with E-state index in [9.17, 15) is 8.42 Å². The summed E-state index contributed by atoms with van der Waals surface area (Å²) in [6, 6.07) is 0.0757. The Hall–Kier alpha value is -1.08. The minimum atomic E-state index is -4.21. The molecule has 1 aromatic rings. The SMILES string of the molecule is CC(C)n1cncc1NS(=O)(=O)O. The van der Waals surface area contributed by atoms with E-state index in [4.69, 9.17) is 4.55 Å². The fraction of sp³-hybridized carbons (Fsp3) is 0.500. The molecule has 74 valence electrons. The summed E-state index contributed by atoms with van der Waals surface area (Å²) in [7, 11) is -4.21. The first kappa shape index (κ1) is 10.0. The Morgan fingerprint density at radius 1 is 1.62 bits per heavy atom. The Bertz CT molecular complexity index is 382.